The number of hydrogen-bond acceptors (Lipinski definition) is 5. The molecule has 0 spiro atoms. The molecule has 0 saturated carbocycles. The second-order valence-electron chi connectivity index (χ2n) is 8.22. The number of benzene rings is 1. The number of carbonyl (C=O) groups excluding carboxylic acids is 1. The van der Waals surface area contributed by atoms with Crippen molar-refractivity contribution in [2.24, 2.45) is 0 Å². The molecule has 6 nitrogen and oxygen atoms in total. The van der Waals surface area contributed by atoms with Gasteiger partial charge in [-0.2, -0.15) is 0 Å². The van der Waals surface area contributed by atoms with Crippen LogP contribution in [0.15, 0.2) is 34.2 Å². The Morgan fingerprint density at radius 3 is 2.77 bits per heavy atom. The number of aromatic nitrogens is 2. The molecule has 1 aromatic carbocycles. The first-order valence-corrected chi connectivity index (χ1v) is 12.0. The van der Waals surface area contributed by atoms with Crippen LogP contribution in [0.4, 0.5) is 5.69 Å². The summed E-state index contributed by atoms with van der Waals surface area (Å²) in [5.74, 6) is 0.878. The molecule has 1 amide bonds. The van der Waals surface area contributed by atoms with Crippen molar-refractivity contribution in [3.05, 3.63) is 50.9 Å². The Kier molecular flexibility index (Phi) is 5.50. The van der Waals surface area contributed by atoms with Crippen molar-refractivity contribution < 1.29 is 4.79 Å². The number of carbonyl (C=O) groups is 1. The molecule has 0 unspecified atom stereocenters. The van der Waals surface area contributed by atoms with E-state index in [2.05, 4.69) is 11.0 Å². The second kappa shape index (κ2) is 8.27. The van der Waals surface area contributed by atoms with E-state index in [4.69, 9.17) is 16.6 Å². The monoisotopic (exact) mass is 444 g/mol. The van der Waals surface area contributed by atoms with Crippen molar-refractivity contribution in [2.45, 2.75) is 43.3 Å². The number of piperazine rings is 1. The van der Waals surface area contributed by atoms with Gasteiger partial charge in [0, 0.05) is 54.6 Å². The maximum atomic E-state index is 13.1. The summed E-state index contributed by atoms with van der Waals surface area (Å²) in [6.07, 6.45) is 4.25. The fourth-order valence-electron chi connectivity index (χ4n) is 4.68. The minimum Gasteiger partial charge on any atom is -0.368 e. The predicted octanol–water partition coefficient (Wildman–Crippen LogP) is 3.16. The van der Waals surface area contributed by atoms with E-state index in [0.29, 0.717) is 19.5 Å². The Hall–Kier alpha value is -1.99. The van der Waals surface area contributed by atoms with Gasteiger partial charge in [-0.3, -0.25) is 14.2 Å². The quantitative estimate of drug-likeness (QED) is 0.680. The topological polar surface area (TPSA) is 58.4 Å². The third kappa shape index (κ3) is 3.73. The number of aryl methyl sites for hydroxylation is 1. The third-order valence-corrected chi connectivity index (χ3v) is 7.67. The average Bonchev–Trinajstić information content (AvgIpc) is 3.16. The molecule has 0 radical (unpaired) electrons. The molecule has 8 heteroatoms. The molecule has 3 heterocycles. The van der Waals surface area contributed by atoms with Crippen LogP contribution in [0, 0.1) is 0 Å². The molecular weight excluding hydrogens is 420 g/mol. The van der Waals surface area contributed by atoms with Crippen LogP contribution in [-0.4, -0.2) is 52.3 Å². The summed E-state index contributed by atoms with van der Waals surface area (Å²) in [5, 5.41) is 1.52. The fourth-order valence-corrected chi connectivity index (χ4v) is 6.02. The first kappa shape index (κ1) is 19.9. The van der Waals surface area contributed by atoms with E-state index in [1.807, 2.05) is 23.1 Å². The van der Waals surface area contributed by atoms with Gasteiger partial charge in [-0.15, -0.1) is 0 Å². The number of anilines is 1. The molecule has 1 aliphatic carbocycles. The minimum atomic E-state index is -0.0873. The molecule has 5 rings (SSSR count). The SMILES string of the molecule is O=C(C[C@@H]1CSc2nc3c(c(=O)n21)CCCC3)N1CCN(c2cccc(Cl)c2)CC1. The highest BCUT2D eigenvalue weighted by molar-refractivity contribution is 7.99. The summed E-state index contributed by atoms with van der Waals surface area (Å²) in [6.45, 7) is 2.96. The van der Waals surface area contributed by atoms with Gasteiger partial charge in [-0.05, 0) is 43.9 Å². The van der Waals surface area contributed by atoms with Gasteiger partial charge in [0.05, 0.1) is 11.7 Å². The maximum absolute atomic E-state index is 13.1. The number of rotatable bonds is 3. The van der Waals surface area contributed by atoms with E-state index in [0.717, 1.165) is 71.6 Å². The highest BCUT2D eigenvalue weighted by Gasteiger charge is 2.32. The van der Waals surface area contributed by atoms with Crippen LogP contribution in [0.2, 0.25) is 5.02 Å². The van der Waals surface area contributed by atoms with Gasteiger partial charge in [0.1, 0.15) is 0 Å². The Labute approximate surface area is 185 Å². The molecule has 2 aliphatic heterocycles. The summed E-state index contributed by atoms with van der Waals surface area (Å²) >= 11 is 7.72. The highest BCUT2D eigenvalue weighted by atomic mass is 35.5. The largest absolute Gasteiger partial charge is 0.368 e. The third-order valence-electron chi connectivity index (χ3n) is 6.34. The summed E-state index contributed by atoms with van der Waals surface area (Å²) < 4.78 is 1.80. The summed E-state index contributed by atoms with van der Waals surface area (Å²) in [6, 6.07) is 7.75. The van der Waals surface area contributed by atoms with Gasteiger partial charge in [-0.25, -0.2) is 4.98 Å². The second-order valence-corrected chi connectivity index (χ2v) is 9.64. The van der Waals surface area contributed by atoms with Gasteiger partial charge < -0.3 is 9.80 Å². The molecule has 1 saturated heterocycles. The van der Waals surface area contributed by atoms with Gasteiger partial charge in [-0.1, -0.05) is 29.4 Å². The summed E-state index contributed by atoms with van der Waals surface area (Å²) in [7, 11) is 0. The first-order valence-electron chi connectivity index (χ1n) is 10.7. The molecule has 0 bridgehead atoms. The normalized spacial score (nSPS) is 20.8. The summed E-state index contributed by atoms with van der Waals surface area (Å²) in [4.78, 5) is 35.0. The van der Waals surface area contributed by atoms with E-state index >= 15 is 0 Å². The van der Waals surface area contributed by atoms with E-state index in [1.165, 1.54) is 0 Å². The van der Waals surface area contributed by atoms with Crippen LogP contribution < -0.4 is 10.5 Å². The number of hydrogen-bond donors (Lipinski definition) is 0. The van der Waals surface area contributed by atoms with Crippen molar-refractivity contribution in [1.82, 2.24) is 14.5 Å². The lowest BCUT2D eigenvalue weighted by molar-refractivity contribution is -0.132. The Bertz CT molecular complexity index is 1030. The van der Waals surface area contributed by atoms with E-state index in [1.54, 1.807) is 16.3 Å². The molecule has 1 aromatic heterocycles. The smallest absolute Gasteiger partial charge is 0.257 e. The highest BCUT2D eigenvalue weighted by Crippen LogP contribution is 2.34. The van der Waals surface area contributed by atoms with Crippen LogP contribution in [0.1, 0.15) is 36.6 Å². The standard InChI is InChI=1S/C22H25ClN4O2S/c23-15-4-3-5-16(12-15)25-8-10-26(11-9-25)20(28)13-17-14-30-22-24-19-7-2-1-6-18(19)21(29)27(17)22/h3-5,12,17H,1-2,6-11,13-14H2/t17-/m1/s1. The maximum Gasteiger partial charge on any atom is 0.257 e. The van der Waals surface area contributed by atoms with Crippen LogP contribution in [0.5, 0.6) is 0 Å². The van der Waals surface area contributed by atoms with Gasteiger partial charge in [0.15, 0.2) is 5.16 Å². The minimum absolute atomic E-state index is 0.0864. The molecule has 30 heavy (non-hydrogen) atoms. The molecular formula is C22H25ClN4O2S. The average molecular weight is 445 g/mol. The molecule has 2 aromatic rings. The predicted molar refractivity (Wildman–Crippen MR) is 120 cm³/mol. The Balaban J connectivity index is 1.25. The van der Waals surface area contributed by atoms with Gasteiger partial charge in [0.25, 0.3) is 5.56 Å². The molecule has 158 valence electrons. The van der Waals surface area contributed by atoms with E-state index < -0.39 is 0 Å². The zero-order valence-electron chi connectivity index (χ0n) is 16.8. The van der Waals surface area contributed by atoms with Gasteiger partial charge in [0.2, 0.25) is 5.91 Å². The lowest BCUT2D eigenvalue weighted by atomic mass is 9.97. The van der Waals surface area contributed by atoms with Crippen molar-refractivity contribution >= 4 is 35.0 Å². The zero-order chi connectivity index (χ0) is 20.7. The molecule has 0 N–H and O–H groups in total. The number of nitrogens with zero attached hydrogens (tertiary/aromatic N) is 4. The Morgan fingerprint density at radius 2 is 1.97 bits per heavy atom. The molecule has 1 atom stereocenters. The van der Waals surface area contributed by atoms with Crippen LogP contribution in [0.3, 0.4) is 0 Å². The number of fused-ring (bicyclic) bond motifs is 2. The molecule has 1 fully saturated rings. The molecule has 3 aliphatic rings. The van der Waals surface area contributed by atoms with Crippen molar-refractivity contribution in [2.75, 3.05) is 36.8 Å². The number of amides is 1. The van der Waals surface area contributed by atoms with E-state index in [-0.39, 0.29) is 17.5 Å². The van der Waals surface area contributed by atoms with E-state index in [9.17, 15) is 9.59 Å². The fraction of sp³-hybridized carbons (Fsp3) is 0.500. The van der Waals surface area contributed by atoms with Crippen molar-refractivity contribution in [1.29, 1.82) is 0 Å². The van der Waals surface area contributed by atoms with Crippen molar-refractivity contribution in [3.63, 3.8) is 0 Å². The number of thioether (sulfide) groups is 1. The van der Waals surface area contributed by atoms with Crippen molar-refractivity contribution in [3.8, 4) is 0 Å². The van der Waals surface area contributed by atoms with Crippen LogP contribution in [-0.2, 0) is 17.6 Å². The van der Waals surface area contributed by atoms with Crippen LogP contribution in [0.25, 0.3) is 0 Å². The Morgan fingerprint density at radius 1 is 1.17 bits per heavy atom. The van der Waals surface area contributed by atoms with Crippen LogP contribution >= 0.6 is 23.4 Å². The number of halogens is 1. The summed E-state index contributed by atoms with van der Waals surface area (Å²) in [5.41, 5.74) is 3.04. The van der Waals surface area contributed by atoms with Gasteiger partial charge >= 0.3 is 0 Å². The zero-order valence-corrected chi connectivity index (χ0v) is 18.4. The first-order chi connectivity index (χ1) is 14.6. The lowest BCUT2D eigenvalue weighted by Crippen LogP contribution is -2.49. The lowest BCUT2D eigenvalue weighted by Gasteiger charge is -2.36.